The molecule has 0 spiro atoms. The van der Waals surface area contributed by atoms with Gasteiger partial charge in [0.25, 0.3) is 0 Å². The minimum atomic E-state index is 0.101. The number of aliphatic hydroxyl groups is 1. The normalized spacial score (nSPS) is 27.0. The van der Waals surface area contributed by atoms with Gasteiger partial charge in [-0.2, -0.15) is 0 Å². The lowest BCUT2D eigenvalue weighted by atomic mass is 9.84. The van der Waals surface area contributed by atoms with Gasteiger partial charge in [0.2, 0.25) is 0 Å². The number of rotatable bonds is 4. The van der Waals surface area contributed by atoms with Crippen molar-refractivity contribution in [3.63, 3.8) is 0 Å². The molecule has 126 valence electrons. The Hall–Kier alpha value is -1.24. The molecule has 0 amide bonds. The van der Waals surface area contributed by atoms with Crippen LogP contribution in [0.5, 0.6) is 11.5 Å². The van der Waals surface area contributed by atoms with Crippen molar-refractivity contribution in [2.45, 2.75) is 24.8 Å². The molecule has 6 heteroatoms. The zero-order valence-corrected chi connectivity index (χ0v) is 14.7. The fourth-order valence-corrected chi connectivity index (χ4v) is 5.11. The molecule has 1 fully saturated rings. The third-order valence-corrected chi connectivity index (χ3v) is 6.34. The highest BCUT2D eigenvalue weighted by atomic mass is 32.2. The zero-order valence-electron chi connectivity index (χ0n) is 13.8. The van der Waals surface area contributed by atoms with E-state index in [2.05, 4.69) is 17.0 Å². The molecule has 3 atom stereocenters. The average Bonchev–Trinajstić information content (AvgIpc) is 2.58. The first-order valence-electron chi connectivity index (χ1n) is 7.88. The molecule has 2 aliphatic rings. The van der Waals surface area contributed by atoms with Crippen LogP contribution in [0.3, 0.4) is 0 Å². The summed E-state index contributed by atoms with van der Waals surface area (Å²) in [7, 11) is 3.30. The van der Waals surface area contributed by atoms with Gasteiger partial charge in [0.15, 0.2) is 11.5 Å². The van der Waals surface area contributed by atoms with Gasteiger partial charge in [-0.05, 0) is 36.6 Å². The Balaban J connectivity index is 2.06. The molecule has 3 unspecified atom stereocenters. The summed E-state index contributed by atoms with van der Waals surface area (Å²) in [5, 5.41) is 18.1. The molecule has 0 aromatic heterocycles. The molecule has 2 aliphatic heterocycles. The van der Waals surface area contributed by atoms with Gasteiger partial charge in [0.05, 0.1) is 19.6 Å². The third kappa shape index (κ3) is 2.84. The number of ether oxygens (including phenoxy) is 2. The fourth-order valence-electron chi connectivity index (χ4n) is 3.71. The number of nitrogens with zero attached hydrogens (tertiary/aromatic N) is 1. The molecule has 0 aliphatic carbocycles. The number of fused-ring (bicyclic) bond motifs is 3. The molecular formula is C17H24N2O3S. The Kier molecular flexibility index (Phi) is 4.85. The molecule has 2 N–H and O–H groups in total. The molecule has 0 saturated carbocycles. The molecule has 0 bridgehead atoms. The first-order valence-corrected chi connectivity index (χ1v) is 8.93. The van der Waals surface area contributed by atoms with Crippen LogP contribution in [-0.2, 0) is 6.42 Å². The average molecular weight is 336 g/mol. The maximum atomic E-state index is 9.86. The van der Waals surface area contributed by atoms with Gasteiger partial charge in [-0.25, -0.2) is 0 Å². The molecular weight excluding hydrogens is 312 g/mol. The van der Waals surface area contributed by atoms with Crippen molar-refractivity contribution >= 4 is 17.5 Å². The predicted molar refractivity (Wildman–Crippen MR) is 92.9 cm³/mol. The Labute approximate surface area is 141 Å². The molecule has 5 nitrogen and oxygen atoms in total. The van der Waals surface area contributed by atoms with Crippen LogP contribution in [0.1, 0.15) is 24.1 Å². The molecule has 23 heavy (non-hydrogen) atoms. The number of benzene rings is 1. The monoisotopic (exact) mass is 336 g/mol. The number of hydrogen-bond donors (Lipinski definition) is 2. The van der Waals surface area contributed by atoms with Crippen LogP contribution in [0, 0.1) is 11.3 Å². The Morgan fingerprint density at radius 1 is 1.35 bits per heavy atom. The van der Waals surface area contributed by atoms with Crippen molar-refractivity contribution in [1.29, 1.82) is 5.41 Å². The summed E-state index contributed by atoms with van der Waals surface area (Å²) >= 11 is 1.77. The molecule has 3 rings (SSSR count). The first kappa shape index (κ1) is 16.6. The van der Waals surface area contributed by atoms with Crippen LogP contribution in [0.15, 0.2) is 12.1 Å². The summed E-state index contributed by atoms with van der Waals surface area (Å²) in [6, 6.07) is 4.25. The SMILES string of the molecule is COc1cc2c(cc1OC)C1C(CO)CSC(C(C)=N)N1CC2. The van der Waals surface area contributed by atoms with Crippen molar-refractivity contribution in [2.75, 3.05) is 33.1 Å². The molecule has 1 aromatic carbocycles. The first-order chi connectivity index (χ1) is 11.1. The quantitative estimate of drug-likeness (QED) is 0.826. The van der Waals surface area contributed by atoms with Gasteiger partial charge < -0.3 is 20.0 Å². The van der Waals surface area contributed by atoms with Crippen LogP contribution < -0.4 is 9.47 Å². The van der Waals surface area contributed by atoms with Gasteiger partial charge in [-0.3, -0.25) is 4.90 Å². The van der Waals surface area contributed by atoms with Crippen LogP contribution in [0.2, 0.25) is 0 Å². The summed E-state index contributed by atoms with van der Waals surface area (Å²) in [6.45, 7) is 2.93. The van der Waals surface area contributed by atoms with E-state index in [0.29, 0.717) is 5.71 Å². The van der Waals surface area contributed by atoms with E-state index < -0.39 is 0 Å². The van der Waals surface area contributed by atoms with E-state index in [9.17, 15) is 5.11 Å². The predicted octanol–water partition coefficient (Wildman–Crippen LogP) is 2.32. The number of hydrogen-bond acceptors (Lipinski definition) is 6. The highest BCUT2D eigenvalue weighted by molar-refractivity contribution is 8.00. The largest absolute Gasteiger partial charge is 0.493 e. The fraction of sp³-hybridized carbons (Fsp3) is 0.588. The van der Waals surface area contributed by atoms with Gasteiger partial charge in [0, 0.05) is 36.6 Å². The van der Waals surface area contributed by atoms with E-state index in [-0.39, 0.29) is 23.9 Å². The lowest BCUT2D eigenvalue weighted by Gasteiger charge is -2.48. The minimum absolute atomic E-state index is 0.101. The lowest BCUT2D eigenvalue weighted by molar-refractivity contribution is 0.0961. The van der Waals surface area contributed by atoms with E-state index in [4.69, 9.17) is 14.9 Å². The van der Waals surface area contributed by atoms with Crippen molar-refractivity contribution in [1.82, 2.24) is 4.90 Å². The van der Waals surface area contributed by atoms with Gasteiger partial charge in [-0.1, -0.05) is 0 Å². The molecule has 1 aromatic rings. The second kappa shape index (κ2) is 6.71. The summed E-state index contributed by atoms with van der Waals surface area (Å²) in [5.41, 5.74) is 3.15. The maximum Gasteiger partial charge on any atom is 0.161 e. The van der Waals surface area contributed by atoms with Gasteiger partial charge >= 0.3 is 0 Å². The summed E-state index contributed by atoms with van der Waals surface area (Å²) in [6.07, 6.45) is 0.925. The van der Waals surface area contributed by atoms with E-state index in [1.165, 1.54) is 11.1 Å². The van der Waals surface area contributed by atoms with Crippen molar-refractivity contribution in [3.05, 3.63) is 23.3 Å². The highest BCUT2D eigenvalue weighted by Crippen LogP contribution is 2.47. The van der Waals surface area contributed by atoms with Crippen molar-refractivity contribution in [2.24, 2.45) is 5.92 Å². The van der Waals surface area contributed by atoms with Crippen LogP contribution >= 0.6 is 11.8 Å². The minimum Gasteiger partial charge on any atom is -0.493 e. The lowest BCUT2D eigenvalue weighted by Crippen LogP contribution is -2.51. The third-order valence-electron chi connectivity index (χ3n) is 4.78. The van der Waals surface area contributed by atoms with E-state index in [0.717, 1.165) is 30.2 Å². The smallest absolute Gasteiger partial charge is 0.161 e. The van der Waals surface area contributed by atoms with Crippen LogP contribution in [0.25, 0.3) is 0 Å². The van der Waals surface area contributed by atoms with Crippen LogP contribution in [-0.4, -0.2) is 54.2 Å². The Morgan fingerprint density at radius 2 is 2.04 bits per heavy atom. The molecule has 2 heterocycles. The standard InChI is InChI=1S/C17H24N2O3S/c1-10(18)17-19-5-4-11-6-14(21-2)15(22-3)7-13(11)16(19)12(8-20)9-23-17/h6-7,12,16-18,20H,4-5,8-9H2,1-3H3. The van der Waals surface area contributed by atoms with Crippen LogP contribution in [0.4, 0.5) is 0 Å². The van der Waals surface area contributed by atoms with E-state index >= 15 is 0 Å². The summed E-state index contributed by atoms with van der Waals surface area (Å²) in [5.74, 6) is 2.52. The topological polar surface area (TPSA) is 65.8 Å². The maximum absolute atomic E-state index is 9.86. The summed E-state index contributed by atoms with van der Waals surface area (Å²) in [4.78, 5) is 2.37. The zero-order chi connectivity index (χ0) is 16.6. The molecule has 0 radical (unpaired) electrons. The number of aliphatic hydroxyl groups excluding tert-OH is 1. The molecule has 1 saturated heterocycles. The van der Waals surface area contributed by atoms with Gasteiger partial charge in [-0.15, -0.1) is 11.8 Å². The summed E-state index contributed by atoms with van der Waals surface area (Å²) < 4.78 is 10.9. The second-order valence-electron chi connectivity index (χ2n) is 6.15. The highest BCUT2D eigenvalue weighted by Gasteiger charge is 2.42. The Morgan fingerprint density at radius 3 is 2.65 bits per heavy atom. The van der Waals surface area contributed by atoms with E-state index in [1.807, 2.05) is 6.92 Å². The van der Waals surface area contributed by atoms with Crippen molar-refractivity contribution in [3.8, 4) is 11.5 Å². The number of methoxy groups -OCH3 is 2. The number of thioether (sulfide) groups is 1. The second-order valence-corrected chi connectivity index (χ2v) is 7.26. The Bertz CT molecular complexity index is 608. The number of nitrogens with one attached hydrogen (secondary N) is 1. The van der Waals surface area contributed by atoms with Crippen molar-refractivity contribution < 1.29 is 14.6 Å². The van der Waals surface area contributed by atoms with E-state index in [1.54, 1.807) is 26.0 Å². The van der Waals surface area contributed by atoms with Gasteiger partial charge in [0.1, 0.15) is 0 Å².